The molecule has 3 N–H and O–H groups in total. The van der Waals surface area contributed by atoms with Crippen LogP contribution in [0.1, 0.15) is 45.1 Å². The maximum absolute atomic E-state index is 5.87. The number of aliphatic imine (C=N–C) groups is 1. The Morgan fingerprint density at radius 2 is 2.06 bits per heavy atom. The Kier molecular flexibility index (Phi) is 3.90. The lowest BCUT2D eigenvalue weighted by atomic mass is 9.99. The molecule has 18 heavy (non-hydrogen) atoms. The molecule has 0 amide bonds. The molecule has 98 valence electrons. The summed E-state index contributed by atoms with van der Waals surface area (Å²) in [4.78, 5) is 4.42. The Morgan fingerprint density at radius 1 is 1.44 bits per heavy atom. The zero-order chi connectivity index (χ0) is 13.1. The van der Waals surface area contributed by atoms with Gasteiger partial charge in [-0.15, -0.1) is 0 Å². The SMILES string of the molecule is CCC(C)c1ccc(NC(N)=NC2CC2C)cc1. The average molecular weight is 245 g/mol. The predicted molar refractivity (Wildman–Crippen MR) is 78.0 cm³/mol. The van der Waals surface area contributed by atoms with E-state index in [0.717, 1.165) is 18.5 Å². The summed E-state index contributed by atoms with van der Waals surface area (Å²) in [7, 11) is 0. The van der Waals surface area contributed by atoms with Gasteiger partial charge in [-0.05, 0) is 42.4 Å². The number of hydrogen-bond donors (Lipinski definition) is 2. The molecule has 1 fully saturated rings. The first-order valence-electron chi connectivity index (χ1n) is 6.80. The van der Waals surface area contributed by atoms with Gasteiger partial charge in [0.15, 0.2) is 5.96 Å². The summed E-state index contributed by atoms with van der Waals surface area (Å²) >= 11 is 0. The van der Waals surface area contributed by atoms with Crippen molar-refractivity contribution in [2.75, 3.05) is 5.32 Å². The molecule has 3 heteroatoms. The van der Waals surface area contributed by atoms with Crippen molar-refractivity contribution in [2.45, 2.75) is 45.6 Å². The fourth-order valence-electron chi connectivity index (χ4n) is 1.97. The molecule has 0 aliphatic heterocycles. The molecule has 3 unspecified atom stereocenters. The molecule has 0 spiro atoms. The summed E-state index contributed by atoms with van der Waals surface area (Å²) in [6.45, 7) is 6.65. The Morgan fingerprint density at radius 3 is 2.56 bits per heavy atom. The van der Waals surface area contributed by atoms with Crippen molar-refractivity contribution < 1.29 is 0 Å². The third kappa shape index (κ3) is 3.25. The highest BCUT2D eigenvalue weighted by Gasteiger charge is 2.32. The van der Waals surface area contributed by atoms with E-state index in [1.54, 1.807) is 0 Å². The second kappa shape index (κ2) is 5.42. The van der Waals surface area contributed by atoms with Crippen LogP contribution in [0.25, 0.3) is 0 Å². The Hall–Kier alpha value is -1.51. The molecule has 3 nitrogen and oxygen atoms in total. The van der Waals surface area contributed by atoms with Crippen molar-refractivity contribution in [3.05, 3.63) is 29.8 Å². The molecule has 0 heterocycles. The molecule has 1 aromatic rings. The van der Waals surface area contributed by atoms with E-state index >= 15 is 0 Å². The summed E-state index contributed by atoms with van der Waals surface area (Å²) in [5, 5.41) is 3.15. The van der Waals surface area contributed by atoms with Crippen LogP contribution in [0.4, 0.5) is 5.69 Å². The fraction of sp³-hybridized carbons (Fsp3) is 0.533. The number of rotatable bonds is 4. The van der Waals surface area contributed by atoms with Gasteiger partial charge in [0.2, 0.25) is 0 Å². The zero-order valence-electron chi connectivity index (χ0n) is 11.5. The topological polar surface area (TPSA) is 50.4 Å². The standard InChI is InChI=1S/C15H23N3/c1-4-10(2)12-5-7-13(8-6-12)17-15(16)18-14-9-11(14)3/h5-8,10-11,14H,4,9H2,1-3H3,(H3,16,17,18). The van der Waals surface area contributed by atoms with E-state index in [-0.39, 0.29) is 0 Å². The van der Waals surface area contributed by atoms with Gasteiger partial charge >= 0.3 is 0 Å². The molecule has 2 rings (SSSR count). The molecule has 0 bridgehead atoms. The van der Waals surface area contributed by atoms with Gasteiger partial charge in [0.05, 0.1) is 6.04 Å². The molecule has 0 aromatic heterocycles. The highest BCUT2D eigenvalue weighted by atomic mass is 15.1. The Balaban J connectivity index is 1.95. The van der Waals surface area contributed by atoms with Gasteiger partial charge in [0, 0.05) is 5.69 Å². The summed E-state index contributed by atoms with van der Waals surface area (Å²) in [6, 6.07) is 8.88. The van der Waals surface area contributed by atoms with Crippen LogP contribution < -0.4 is 11.1 Å². The number of hydrogen-bond acceptors (Lipinski definition) is 1. The molecular weight excluding hydrogens is 222 g/mol. The van der Waals surface area contributed by atoms with Gasteiger partial charge in [0.25, 0.3) is 0 Å². The summed E-state index contributed by atoms with van der Waals surface area (Å²) < 4.78 is 0. The first-order chi connectivity index (χ1) is 8.60. The van der Waals surface area contributed by atoms with Gasteiger partial charge in [-0.3, -0.25) is 0 Å². The van der Waals surface area contributed by atoms with Crippen LogP contribution in [0, 0.1) is 5.92 Å². The van der Waals surface area contributed by atoms with Gasteiger partial charge in [-0.2, -0.15) is 0 Å². The van der Waals surface area contributed by atoms with Crippen LogP contribution in [-0.2, 0) is 0 Å². The van der Waals surface area contributed by atoms with Gasteiger partial charge in [-0.25, -0.2) is 4.99 Å². The second-order valence-electron chi connectivity index (χ2n) is 5.35. The molecular formula is C15H23N3. The lowest BCUT2D eigenvalue weighted by molar-refractivity contribution is 0.734. The maximum atomic E-state index is 5.87. The quantitative estimate of drug-likeness (QED) is 0.631. The van der Waals surface area contributed by atoms with E-state index in [9.17, 15) is 0 Å². The molecule has 0 saturated heterocycles. The van der Waals surface area contributed by atoms with E-state index in [1.165, 1.54) is 5.56 Å². The summed E-state index contributed by atoms with van der Waals surface area (Å²) in [5.74, 6) is 1.83. The average Bonchev–Trinajstić information content (AvgIpc) is 3.04. The van der Waals surface area contributed by atoms with Gasteiger partial charge < -0.3 is 11.1 Å². The van der Waals surface area contributed by atoms with Crippen molar-refractivity contribution >= 4 is 11.6 Å². The van der Waals surface area contributed by atoms with Crippen LogP contribution in [0.5, 0.6) is 0 Å². The summed E-state index contributed by atoms with van der Waals surface area (Å²) in [5.41, 5.74) is 8.25. The minimum Gasteiger partial charge on any atom is -0.370 e. The maximum Gasteiger partial charge on any atom is 0.193 e. The first kappa shape index (κ1) is 12.9. The third-order valence-corrected chi connectivity index (χ3v) is 3.74. The van der Waals surface area contributed by atoms with Crippen LogP contribution in [0.3, 0.4) is 0 Å². The van der Waals surface area contributed by atoms with Gasteiger partial charge in [0.1, 0.15) is 0 Å². The Labute approximate surface area is 109 Å². The smallest absolute Gasteiger partial charge is 0.193 e. The number of nitrogens with two attached hydrogens (primary N) is 1. The van der Waals surface area contributed by atoms with Crippen molar-refractivity contribution in [1.82, 2.24) is 0 Å². The van der Waals surface area contributed by atoms with E-state index < -0.39 is 0 Å². The number of anilines is 1. The van der Waals surface area contributed by atoms with Crippen LogP contribution >= 0.6 is 0 Å². The number of nitrogens with zero attached hydrogens (tertiary/aromatic N) is 1. The fourth-order valence-corrected chi connectivity index (χ4v) is 1.97. The lowest BCUT2D eigenvalue weighted by Gasteiger charge is -2.10. The van der Waals surface area contributed by atoms with E-state index in [2.05, 4.69) is 55.3 Å². The monoisotopic (exact) mass is 245 g/mol. The molecule has 0 radical (unpaired) electrons. The van der Waals surface area contributed by atoms with E-state index in [1.807, 2.05) is 0 Å². The van der Waals surface area contributed by atoms with Crippen LogP contribution in [0.15, 0.2) is 29.3 Å². The minimum absolute atomic E-state index is 0.428. The highest BCUT2D eigenvalue weighted by Crippen LogP contribution is 2.32. The summed E-state index contributed by atoms with van der Waals surface area (Å²) in [6.07, 6.45) is 2.32. The molecule has 1 saturated carbocycles. The number of guanidine groups is 1. The van der Waals surface area contributed by atoms with Gasteiger partial charge in [-0.1, -0.05) is 32.9 Å². The largest absolute Gasteiger partial charge is 0.370 e. The van der Waals surface area contributed by atoms with Crippen LogP contribution in [0.2, 0.25) is 0 Å². The molecule has 3 atom stereocenters. The second-order valence-corrected chi connectivity index (χ2v) is 5.35. The highest BCUT2D eigenvalue weighted by molar-refractivity contribution is 5.92. The number of benzene rings is 1. The van der Waals surface area contributed by atoms with Crippen LogP contribution in [-0.4, -0.2) is 12.0 Å². The van der Waals surface area contributed by atoms with E-state index in [0.29, 0.717) is 23.8 Å². The normalized spacial score (nSPS) is 24.7. The molecule has 1 aliphatic carbocycles. The van der Waals surface area contributed by atoms with Crippen molar-refractivity contribution in [3.8, 4) is 0 Å². The molecule has 1 aromatic carbocycles. The van der Waals surface area contributed by atoms with Crippen molar-refractivity contribution in [2.24, 2.45) is 16.6 Å². The Bertz CT molecular complexity index is 422. The first-order valence-corrected chi connectivity index (χ1v) is 6.80. The minimum atomic E-state index is 0.428. The van der Waals surface area contributed by atoms with E-state index in [4.69, 9.17) is 5.73 Å². The third-order valence-electron chi connectivity index (χ3n) is 3.74. The lowest BCUT2D eigenvalue weighted by Crippen LogP contribution is -2.23. The van der Waals surface area contributed by atoms with Crippen molar-refractivity contribution in [1.29, 1.82) is 0 Å². The number of nitrogens with one attached hydrogen (secondary N) is 1. The predicted octanol–water partition coefficient (Wildman–Crippen LogP) is 3.34. The van der Waals surface area contributed by atoms with Crippen molar-refractivity contribution in [3.63, 3.8) is 0 Å². The zero-order valence-corrected chi connectivity index (χ0v) is 11.5. The molecule has 1 aliphatic rings.